The first-order valence-corrected chi connectivity index (χ1v) is 10.7. The van der Waals surface area contributed by atoms with Gasteiger partial charge in [0.1, 0.15) is 17.0 Å². The molecule has 1 N–H and O–H groups in total. The van der Waals surface area contributed by atoms with Gasteiger partial charge in [0.05, 0.1) is 35.2 Å². The lowest BCUT2D eigenvalue weighted by molar-refractivity contribution is -0.113. The Morgan fingerprint density at radius 2 is 2.00 bits per heavy atom. The highest BCUT2D eigenvalue weighted by atomic mass is 32.2. The largest absolute Gasteiger partial charge is 0.497 e. The van der Waals surface area contributed by atoms with E-state index in [9.17, 15) is 4.79 Å². The van der Waals surface area contributed by atoms with Crippen LogP contribution in [0.1, 0.15) is 5.56 Å². The molecule has 0 spiro atoms. The number of rotatable bonds is 6. The maximum absolute atomic E-state index is 12.4. The number of hydrogen-bond acceptors (Lipinski definition) is 7. The number of fused-ring (bicyclic) bond motifs is 2. The molecule has 0 aliphatic heterocycles. The quantitative estimate of drug-likeness (QED) is 0.443. The van der Waals surface area contributed by atoms with E-state index < -0.39 is 0 Å². The zero-order chi connectivity index (χ0) is 20.4. The van der Waals surface area contributed by atoms with Crippen molar-refractivity contribution >= 4 is 55.3 Å². The molecule has 0 atom stereocenters. The van der Waals surface area contributed by atoms with Gasteiger partial charge in [0.25, 0.3) is 0 Å². The van der Waals surface area contributed by atoms with E-state index in [1.165, 1.54) is 23.1 Å². The van der Waals surface area contributed by atoms with Crippen LogP contribution in [-0.4, -0.2) is 35.8 Å². The molecular formula is C21H19N3O3S2. The van der Waals surface area contributed by atoms with Crippen LogP contribution in [0.25, 0.3) is 21.1 Å². The molecule has 0 unspecified atom stereocenters. The molecule has 0 aliphatic rings. The smallest absolute Gasteiger partial charge is 0.236 e. The number of anilines is 1. The molecule has 2 aromatic heterocycles. The van der Waals surface area contributed by atoms with E-state index in [0.717, 1.165) is 43.2 Å². The van der Waals surface area contributed by atoms with Crippen LogP contribution in [0.15, 0.2) is 47.5 Å². The van der Waals surface area contributed by atoms with E-state index in [-0.39, 0.29) is 11.7 Å². The number of hydrogen-bond donors (Lipinski definition) is 1. The molecular weight excluding hydrogens is 406 g/mol. The van der Waals surface area contributed by atoms with Crippen molar-refractivity contribution in [1.29, 1.82) is 0 Å². The molecule has 0 fully saturated rings. The topological polar surface area (TPSA) is 73.3 Å². The van der Waals surface area contributed by atoms with Gasteiger partial charge >= 0.3 is 0 Å². The van der Waals surface area contributed by atoms with Gasteiger partial charge in [0.2, 0.25) is 5.91 Å². The van der Waals surface area contributed by atoms with E-state index >= 15 is 0 Å². The van der Waals surface area contributed by atoms with Gasteiger partial charge in [-0.1, -0.05) is 35.2 Å². The summed E-state index contributed by atoms with van der Waals surface area (Å²) in [6.45, 7) is 2.03. The summed E-state index contributed by atoms with van der Waals surface area (Å²) >= 11 is 2.81. The Labute approximate surface area is 176 Å². The third-order valence-corrected chi connectivity index (χ3v) is 6.24. The SMILES string of the molecule is COc1ccc2nc(NC(=O)CSc3cc(C)c4cccc(OC)c4n3)sc2c1. The minimum absolute atomic E-state index is 0.124. The number of para-hydroxylation sites is 1. The fourth-order valence-corrected chi connectivity index (χ4v) is 4.66. The number of methoxy groups -OCH3 is 2. The van der Waals surface area contributed by atoms with Crippen LogP contribution in [0.3, 0.4) is 0 Å². The summed E-state index contributed by atoms with van der Waals surface area (Å²) in [7, 11) is 3.26. The van der Waals surface area contributed by atoms with Crippen LogP contribution < -0.4 is 14.8 Å². The highest BCUT2D eigenvalue weighted by molar-refractivity contribution is 7.99. The van der Waals surface area contributed by atoms with Crippen LogP contribution in [0, 0.1) is 6.92 Å². The molecule has 0 radical (unpaired) electrons. The molecule has 8 heteroatoms. The van der Waals surface area contributed by atoms with Gasteiger partial charge in [-0.05, 0) is 42.8 Å². The molecule has 148 valence electrons. The van der Waals surface area contributed by atoms with Crippen molar-refractivity contribution < 1.29 is 14.3 Å². The van der Waals surface area contributed by atoms with Crippen molar-refractivity contribution in [2.24, 2.45) is 0 Å². The summed E-state index contributed by atoms with van der Waals surface area (Å²) in [5.74, 6) is 1.61. The molecule has 4 rings (SSSR count). The molecule has 0 aliphatic carbocycles. The van der Waals surface area contributed by atoms with E-state index in [0.29, 0.717) is 5.13 Å². The lowest BCUT2D eigenvalue weighted by atomic mass is 10.1. The maximum atomic E-state index is 12.4. The fourth-order valence-electron chi connectivity index (χ4n) is 2.98. The van der Waals surface area contributed by atoms with Gasteiger partial charge in [-0.2, -0.15) is 0 Å². The van der Waals surface area contributed by atoms with Crippen LogP contribution in [0.4, 0.5) is 5.13 Å². The minimum atomic E-state index is -0.124. The van der Waals surface area contributed by atoms with Gasteiger partial charge in [-0.15, -0.1) is 0 Å². The van der Waals surface area contributed by atoms with E-state index in [1.807, 2.05) is 49.4 Å². The number of nitrogens with zero attached hydrogens (tertiary/aromatic N) is 2. The Kier molecular flexibility index (Phi) is 5.55. The predicted octanol–water partition coefficient (Wildman–Crippen LogP) is 4.90. The number of thioether (sulfide) groups is 1. The zero-order valence-electron chi connectivity index (χ0n) is 16.2. The van der Waals surface area contributed by atoms with Crippen molar-refractivity contribution in [1.82, 2.24) is 9.97 Å². The molecule has 0 bridgehead atoms. The lowest BCUT2D eigenvalue weighted by Gasteiger charge is -2.09. The standard InChI is InChI=1S/C21H19N3O3S2/c1-12-9-19(24-20-14(12)5-4-6-16(20)27-3)28-11-18(25)23-21-22-15-8-7-13(26-2)10-17(15)29-21/h4-10H,11H2,1-3H3,(H,22,23,25). The molecule has 6 nitrogen and oxygen atoms in total. The van der Waals surface area contributed by atoms with Gasteiger partial charge in [-0.3, -0.25) is 4.79 Å². The van der Waals surface area contributed by atoms with Crippen molar-refractivity contribution in [2.45, 2.75) is 11.9 Å². The Morgan fingerprint density at radius 1 is 1.14 bits per heavy atom. The summed E-state index contributed by atoms with van der Waals surface area (Å²) < 4.78 is 11.6. The normalized spacial score (nSPS) is 11.0. The number of aryl methyl sites for hydroxylation is 1. The molecule has 0 saturated heterocycles. The summed E-state index contributed by atoms with van der Waals surface area (Å²) in [6.07, 6.45) is 0. The Balaban J connectivity index is 1.47. The fraction of sp³-hybridized carbons (Fsp3) is 0.190. The molecule has 1 amide bonds. The Bertz CT molecular complexity index is 1210. The molecule has 2 aromatic carbocycles. The number of pyridine rings is 1. The minimum Gasteiger partial charge on any atom is -0.497 e. The first-order valence-electron chi connectivity index (χ1n) is 8.89. The monoisotopic (exact) mass is 425 g/mol. The number of benzene rings is 2. The van der Waals surface area contributed by atoms with Crippen molar-refractivity contribution in [3.63, 3.8) is 0 Å². The summed E-state index contributed by atoms with van der Waals surface area (Å²) in [6, 6.07) is 13.5. The summed E-state index contributed by atoms with van der Waals surface area (Å²) in [5.41, 5.74) is 2.73. The molecule has 29 heavy (non-hydrogen) atoms. The van der Waals surface area contributed by atoms with Crippen molar-refractivity contribution in [2.75, 3.05) is 25.3 Å². The lowest BCUT2D eigenvalue weighted by Crippen LogP contribution is -2.13. The van der Waals surface area contributed by atoms with Gasteiger partial charge < -0.3 is 14.8 Å². The second-order valence-corrected chi connectivity index (χ2v) is 8.35. The number of carbonyl (C=O) groups is 1. The van der Waals surface area contributed by atoms with Crippen molar-refractivity contribution in [3.05, 3.63) is 48.0 Å². The average molecular weight is 426 g/mol. The second kappa shape index (κ2) is 8.26. The van der Waals surface area contributed by atoms with E-state index in [1.54, 1.807) is 14.2 Å². The average Bonchev–Trinajstić information content (AvgIpc) is 3.13. The number of aromatic nitrogens is 2. The molecule has 0 saturated carbocycles. The number of ether oxygens (including phenoxy) is 2. The third kappa shape index (κ3) is 4.13. The number of thiazole rings is 1. The van der Waals surface area contributed by atoms with E-state index in [2.05, 4.69) is 15.3 Å². The van der Waals surface area contributed by atoms with Crippen LogP contribution >= 0.6 is 23.1 Å². The van der Waals surface area contributed by atoms with Gasteiger partial charge in [0, 0.05) is 5.39 Å². The van der Waals surface area contributed by atoms with Crippen LogP contribution in [0.2, 0.25) is 0 Å². The molecule has 4 aromatic rings. The number of nitrogens with one attached hydrogen (secondary N) is 1. The van der Waals surface area contributed by atoms with Crippen LogP contribution in [-0.2, 0) is 4.79 Å². The number of carbonyl (C=O) groups excluding carboxylic acids is 1. The van der Waals surface area contributed by atoms with Crippen molar-refractivity contribution in [3.8, 4) is 11.5 Å². The number of amides is 1. The Hall–Kier alpha value is -2.84. The summed E-state index contributed by atoms with van der Waals surface area (Å²) in [4.78, 5) is 21.5. The predicted molar refractivity (Wildman–Crippen MR) is 119 cm³/mol. The van der Waals surface area contributed by atoms with Gasteiger partial charge in [-0.25, -0.2) is 9.97 Å². The third-order valence-electron chi connectivity index (χ3n) is 4.40. The second-order valence-electron chi connectivity index (χ2n) is 6.32. The molecule has 2 heterocycles. The first kappa shape index (κ1) is 19.5. The zero-order valence-corrected chi connectivity index (χ0v) is 17.8. The van der Waals surface area contributed by atoms with E-state index in [4.69, 9.17) is 9.47 Å². The maximum Gasteiger partial charge on any atom is 0.236 e. The highest BCUT2D eigenvalue weighted by Gasteiger charge is 2.12. The highest BCUT2D eigenvalue weighted by Crippen LogP contribution is 2.31. The Morgan fingerprint density at radius 3 is 2.79 bits per heavy atom. The van der Waals surface area contributed by atoms with Crippen LogP contribution in [0.5, 0.6) is 11.5 Å². The van der Waals surface area contributed by atoms with Gasteiger partial charge in [0.15, 0.2) is 5.13 Å². The first-order chi connectivity index (χ1) is 14.1. The summed E-state index contributed by atoms with van der Waals surface area (Å²) in [5, 5.41) is 5.27.